The van der Waals surface area contributed by atoms with Gasteiger partial charge in [0.25, 0.3) is 23.6 Å². The Labute approximate surface area is 756 Å². The van der Waals surface area contributed by atoms with E-state index in [-0.39, 0.29) is 73.8 Å². The Morgan fingerprint density at radius 2 is 0.693 bits per heavy atom. The van der Waals surface area contributed by atoms with Crippen LogP contribution in [0.2, 0.25) is 0 Å². The quantitative estimate of drug-likeness (QED) is 0.0209. The first-order valence-electron chi connectivity index (χ1n) is 39.5. The number of hydrogen-bond donors (Lipinski definition) is 10. The van der Waals surface area contributed by atoms with Crippen LogP contribution >= 0.6 is 45.3 Å². The number of alkyl carbamates (subject to hydrolysis) is 4. The number of fused-ring (bicyclic) bond motifs is 2. The molecule has 0 aliphatic carbocycles. The molecule has 0 radical (unpaired) electrons. The summed E-state index contributed by atoms with van der Waals surface area (Å²) in [6, 6.07) is 44.3. The molecule has 9 amide bonds. The summed E-state index contributed by atoms with van der Waals surface area (Å²) >= 11 is 6.00. The van der Waals surface area contributed by atoms with Crippen molar-refractivity contribution in [2.45, 2.75) is 164 Å². The molecule has 4 aromatic heterocycles. The van der Waals surface area contributed by atoms with Crippen LogP contribution in [0.5, 0.6) is 0 Å². The van der Waals surface area contributed by atoms with E-state index in [9.17, 15) is 43.2 Å². The van der Waals surface area contributed by atoms with E-state index in [0.717, 1.165) is 74.6 Å². The molecule has 13 N–H and O–H groups in total. The number of amides is 9. The lowest BCUT2D eigenvalue weighted by atomic mass is 10.0. The maximum atomic E-state index is 12.5. The van der Waals surface area contributed by atoms with Crippen LogP contribution in [0.4, 0.5) is 19.2 Å². The molecular weight excluding hydrogens is 1690 g/mol. The van der Waals surface area contributed by atoms with Gasteiger partial charge in [-0.3, -0.25) is 34.2 Å². The minimum Gasteiger partial charge on any atom is -0.444 e. The fourth-order valence-electron chi connectivity index (χ4n) is 11.4. The number of hydrogen-bond acceptors (Lipinski definition) is 25. The number of rotatable bonds is 14. The van der Waals surface area contributed by atoms with Gasteiger partial charge in [0.1, 0.15) is 51.8 Å². The molecule has 2 aliphatic rings. The number of carbonyl (C=O) groups is 9. The first kappa shape index (κ1) is 102. The van der Waals surface area contributed by atoms with Crippen LogP contribution in [0, 0.1) is 58.4 Å². The maximum absolute atomic E-state index is 12.5. The predicted molar refractivity (Wildman–Crippen MR) is 495 cm³/mol. The summed E-state index contributed by atoms with van der Waals surface area (Å²) in [6.45, 7) is 31.5. The van der Waals surface area contributed by atoms with Crippen molar-refractivity contribution in [2.24, 2.45) is 5.73 Å². The van der Waals surface area contributed by atoms with Gasteiger partial charge >= 0.3 is 24.4 Å². The number of carbonyl (C=O) groups excluding carboxylic acids is 9. The highest BCUT2D eigenvalue weighted by molar-refractivity contribution is 7.14. The van der Waals surface area contributed by atoms with Gasteiger partial charge in [-0.25, -0.2) is 50.2 Å². The molecule has 6 heterocycles. The summed E-state index contributed by atoms with van der Waals surface area (Å²) in [5.74, 6) is 21.7. The molecule has 0 spiro atoms. The van der Waals surface area contributed by atoms with Gasteiger partial charge in [0.15, 0.2) is 0 Å². The Hall–Kier alpha value is -13.6. The number of nitrogens with two attached hydrogens (primary N) is 1. The highest BCUT2D eigenvalue weighted by Crippen LogP contribution is 2.34. The van der Waals surface area contributed by atoms with Crippen molar-refractivity contribution >= 4 is 99.3 Å². The lowest BCUT2D eigenvalue weighted by molar-refractivity contribution is -0.118. The van der Waals surface area contributed by atoms with Crippen LogP contribution in [0.1, 0.15) is 230 Å². The molecule has 0 fully saturated rings. The maximum Gasteiger partial charge on any atom is 0.408 e. The van der Waals surface area contributed by atoms with Crippen molar-refractivity contribution < 1.29 is 74.1 Å². The van der Waals surface area contributed by atoms with Gasteiger partial charge < -0.3 is 61.8 Å². The monoisotopic (exact) mass is 1800 g/mol. The molecule has 4 atom stereocenters. The molecule has 2 aliphatic heterocycles. The van der Waals surface area contributed by atoms with Gasteiger partial charge in [0.05, 0.1) is 108 Å². The zero-order valence-electron chi connectivity index (χ0n) is 73.5. The Bertz CT molecular complexity index is 5540. The van der Waals surface area contributed by atoms with Gasteiger partial charge in [0.2, 0.25) is 5.91 Å². The Kier molecular flexibility index (Phi) is 38.6. The van der Waals surface area contributed by atoms with Gasteiger partial charge in [0, 0.05) is 8.35 Å². The summed E-state index contributed by atoms with van der Waals surface area (Å²) < 4.78 is 21.2. The van der Waals surface area contributed by atoms with Gasteiger partial charge in [-0.2, -0.15) is 0 Å². The summed E-state index contributed by atoms with van der Waals surface area (Å²) in [6.07, 6.45) is -1.77. The number of ether oxygens (including phenoxy) is 4. The normalized spacial score (nSPS) is 12.4. The number of aliphatic hydroxyl groups is 1. The second kappa shape index (κ2) is 48.0. The average molecular weight is 1800 g/mol. The van der Waals surface area contributed by atoms with Crippen molar-refractivity contribution in [3.8, 4) is 89.1 Å². The van der Waals surface area contributed by atoms with Gasteiger partial charge in [-0.15, -0.1) is 45.3 Å². The third-order valence-electron chi connectivity index (χ3n) is 17.1. The number of thiazole rings is 4. The SMILES string of the molecule is CC(=O)NCC#Cc1ncsc1-c1ccc([C@H](C)NC(=O)OC(C)(C)C)cc1.C[C@H](NC(=O)OC(C)(C)C)c1ccc(-c2scnc2C#CCN)cc1.C[C@H](NC(=O)OC(C)(C)C)c1ccc(-c2scnc2C#CCN2C(=O)c3ccccc3C2=O)cc1.C[C@H](NC(=O)OC(C)(C)C)c1ccc(-c2scnc2C#CCO)cc1.N=N.O.O=C1NC(=O)c2ccccc21.[HH]. The Balaban J connectivity index is 0.000000289. The first-order chi connectivity index (χ1) is 59.7. The lowest BCUT2D eigenvalue weighted by Crippen LogP contribution is -2.34. The van der Waals surface area contributed by atoms with Crippen LogP contribution < -0.4 is 37.6 Å². The average Bonchev–Trinajstić information content (AvgIpc) is 1.64. The Morgan fingerprint density at radius 3 is 0.953 bits per heavy atom. The molecule has 666 valence electrons. The molecule has 10 aromatic rings. The van der Waals surface area contributed by atoms with Crippen LogP contribution in [-0.2, 0) is 23.7 Å². The molecule has 0 saturated heterocycles. The molecule has 6 aromatic carbocycles. The molecule has 0 saturated carbocycles. The molecule has 0 bridgehead atoms. The fourth-order valence-corrected chi connectivity index (χ4v) is 14.4. The third kappa shape index (κ3) is 32.5. The number of nitrogens with one attached hydrogen (secondary N) is 8. The Morgan fingerprint density at radius 1 is 0.433 bits per heavy atom. The molecule has 127 heavy (non-hydrogen) atoms. The smallest absolute Gasteiger partial charge is 0.408 e. The molecule has 33 heteroatoms. The highest BCUT2D eigenvalue weighted by Gasteiger charge is 2.35. The minimum atomic E-state index is -0.559. The van der Waals surface area contributed by atoms with Crippen molar-refractivity contribution in [3.05, 3.63) is 235 Å². The molecule has 12 rings (SSSR count). The number of imide groups is 2. The van der Waals surface area contributed by atoms with Crippen LogP contribution in [-0.4, -0.2) is 138 Å². The summed E-state index contributed by atoms with van der Waals surface area (Å²) in [5.41, 5.74) is 32.5. The van der Waals surface area contributed by atoms with Crippen LogP contribution in [0.25, 0.3) is 41.8 Å². The number of benzene rings is 6. The minimum absolute atomic E-state index is 0. The van der Waals surface area contributed by atoms with Crippen molar-refractivity contribution in [2.75, 3.05) is 26.2 Å². The van der Waals surface area contributed by atoms with E-state index in [2.05, 4.69) is 99.2 Å². The van der Waals surface area contributed by atoms with Gasteiger partial charge in [-0.05, 0) is 203 Å². The van der Waals surface area contributed by atoms with E-state index in [1.165, 1.54) is 40.9 Å². The molecule has 29 nitrogen and oxygen atoms in total. The van der Waals surface area contributed by atoms with E-state index in [0.29, 0.717) is 52.4 Å². The van der Waals surface area contributed by atoms with Crippen LogP contribution in [0.15, 0.2) is 168 Å². The summed E-state index contributed by atoms with van der Waals surface area (Å²) in [7, 11) is 0. The van der Waals surface area contributed by atoms with Crippen molar-refractivity contribution in [3.63, 3.8) is 0 Å². The van der Waals surface area contributed by atoms with Crippen molar-refractivity contribution in [1.29, 1.82) is 11.1 Å². The zero-order chi connectivity index (χ0) is 92.6. The van der Waals surface area contributed by atoms with E-state index in [1.807, 2.05) is 208 Å². The second-order valence-corrected chi connectivity index (χ2v) is 35.0. The largest absolute Gasteiger partial charge is 0.444 e. The van der Waals surface area contributed by atoms with E-state index < -0.39 is 46.8 Å². The standard InChI is InChI=1S/C27H25N3O4S.C21H25N3O3S.C19H23N3O2S.C19H22N2O3S.C8H5NO2.H2N2.H2O.H2/c1-17(29-26(33)34-27(2,3)4)18-11-13-19(14-12-18)23-22(28-16-35-23)10-7-15-30-24(31)20-8-5-6-9-21(20)25(30)32;1-14(24-20(26)27-21(3,4)5)16-8-10-17(11-9-16)19-18(23-13-28-19)7-6-12-22-15(2)25;1-13(22-18(23)24-19(2,3)4)14-7-9-15(10-8-14)17-16(6-5-11-20)21-12-25-17;1-13(21-18(23)24-19(2,3)4)14-7-9-15(10-8-14)17-16(6-5-11-22)20-12-25-17;10-7-5-3-1-2-4-6(5)8(11)9-7;1-2;;/h5-6,8-9,11-14,16-17H,15H2,1-4H3,(H,29,33);8-11,13-14H,12H2,1-5H3,(H,22,25)(H,24,26);7-10,12-13H,11,20H2,1-4H3,(H,22,23);7-10,12-13,22H,11H2,1-4H3,(H,21,23);1-4H,(H,9,10,11);1-2H;1H2;1H/t17-;14-;2*13-;;;;/m0000..../s1. The van der Waals surface area contributed by atoms with E-state index >= 15 is 0 Å². The number of aliphatic hydroxyl groups excluding tert-OH is 1. The fraction of sp³-hybridized carbons (Fsp3) is 0.309. The van der Waals surface area contributed by atoms with E-state index in [4.69, 9.17) is 40.8 Å². The summed E-state index contributed by atoms with van der Waals surface area (Å²) in [4.78, 5) is 128. The van der Waals surface area contributed by atoms with E-state index in [1.54, 1.807) is 81.9 Å². The van der Waals surface area contributed by atoms with Crippen molar-refractivity contribution in [1.82, 2.24) is 56.7 Å². The number of nitrogens with zero attached hydrogens (tertiary/aromatic N) is 5. The molecular formula is C94H106N14O15S4. The third-order valence-corrected chi connectivity index (χ3v) is 20.6. The van der Waals surface area contributed by atoms with Gasteiger partial charge in [-0.1, -0.05) is 145 Å². The zero-order valence-corrected chi connectivity index (χ0v) is 76.8. The second-order valence-electron chi connectivity index (χ2n) is 31.6. The van der Waals surface area contributed by atoms with Crippen LogP contribution in [0.3, 0.4) is 0 Å². The highest BCUT2D eigenvalue weighted by atomic mass is 32.1. The first-order valence-corrected chi connectivity index (χ1v) is 43.0. The topological polar surface area (TPSA) is 443 Å². The number of aromatic nitrogens is 4. The molecule has 0 unspecified atom stereocenters. The predicted octanol–water partition coefficient (Wildman–Crippen LogP) is 17.0. The lowest BCUT2D eigenvalue weighted by Gasteiger charge is -2.22. The summed E-state index contributed by atoms with van der Waals surface area (Å²) in [5, 5.41) is 25.0.